The van der Waals surface area contributed by atoms with Crippen molar-refractivity contribution in [3.8, 4) is 0 Å². The minimum atomic E-state index is -4.27. The summed E-state index contributed by atoms with van der Waals surface area (Å²) in [6.45, 7) is -0.0907. The molecule has 0 aliphatic carbocycles. The first-order valence-corrected chi connectivity index (χ1v) is 12.0. The van der Waals surface area contributed by atoms with E-state index in [4.69, 9.17) is 23.2 Å². The van der Waals surface area contributed by atoms with Crippen molar-refractivity contribution in [1.82, 2.24) is 5.32 Å². The Balaban J connectivity index is 1.95. The molecule has 0 saturated carbocycles. The van der Waals surface area contributed by atoms with Crippen LogP contribution in [0.5, 0.6) is 0 Å². The molecule has 4 rings (SSSR count). The summed E-state index contributed by atoms with van der Waals surface area (Å²) in [5.41, 5.74) is 2.05. The van der Waals surface area contributed by atoms with Gasteiger partial charge in [0.15, 0.2) is 0 Å². The molecule has 9 heteroatoms. The zero-order valence-electron chi connectivity index (χ0n) is 17.1. The number of urea groups is 1. The molecule has 2 atom stereocenters. The minimum absolute atomic E-state index is 0.0431. The van der Waals surface area contributed by atoms with E-state index in [0.717, 1.165) is 5.56 Å². The van der Waals surface area contributed by atoms with Gasteiger partial charge in [-0.3, -0.25) is 0 Å². The Hall–Kier alpha value is -2.71. The van der Waals surface area contributed by atoms with E-state index < -0.39 is 26.0 Å². The normalized spacial score (nSPS) is 20.6. The van der Waals surface area contributed by atoms with Crippen molar-refractivity contribution >= 4 is 45.0 Å². The van der Waals surface area contributed by atoms with Crippen LogP contribution in [0.2, 0.25) is 10.0 Å². The van der Waals surface area contributed by atoms with Crippen molar-refractivity contribution in [2.24, 2.45) is 5.10 Å². The number of carbonyl (C=O) groups excluding carboxylic acids is 1. The molecule has 1 aliphatic heterocycles. The lowest BCUT2D eigenvalue weighted by Crippen LogP contribution is -2.55. The molecule has 3 aromatic carbocycles. The van der Waals surface area contributed by atoms with Gasteiger partial charge in [0.05, 0.1) is 5.92 Å². The van der Waals surface area contributed by atoms with Gasteiger partial charge in [-0.25, -0.2) is 4.79 Å². The van der Waals surface area contributed by atoms with Crippen LogP contribution in [0, 0.1) is 0 Å². The number of halogens is 2. The molecule has 1 heterocycles. The fourth-order valence-electron chi connectivity index (χ4n) is 3.79. The van der Waals surface area contributed by atoms with Crippen molar-refractivity contribution in [3.05, 3.63) is 100 Å². The summed E-state index contributed by atoms with van der Waals surface area (Å²) in [5.74, 6) is -0.434. The van der Waals surface area contributed by atoms with E-state index in [0.29, 0.717) is 21.3 Å². The SMILES string of the molecule is CNC(=O)[N+]1(S(=O)(=O)c2ccc(Cl)cc2)C[C@H](c2ccccc2)C(c2ccc(Cl)cc2)=N1. The highest BCUT2D eigenvalue weighted by atomic mass is 35.5. The fourth-order valence-corrected chi connectivity index (χ4v) is 5.72. The molecule has 2 amide bonds. The predicted octanol–water partition coefficient (Wildman–Crippen LogP) is 5.04. The Morgan fingerprint density at radius 1 is 0.938 bits per heavy atom. The van der Waals surface area contributed by atoms with Crippen molar-refractivity contribution in [3.63, 3.8) is 0 Å². The second-order valence-corrected chi connectivity index (χ2v) is 10.2. The third kappa shape index (κ3) is 3.82. The van der Waals surface area contributed by atoms with Gasteiger partial charge >= 0.3 is 16.1 Å². The van der Waals surface area contributed by atoms with Crippen LogP contribution in [0.25, 0.3) is 0 Å². The van der Waals surface area contributed by atoms with Crippen LogP contribution < -0.4 is 5.32 Å². The number of carbonyl (C=O) groups is 1. The van der Waals surface area contributed by atoms with Crippen molar-refractivity contribution in [1.29, 1.82) is 0 Å². The molecule has 0 bridgehead atoms. The first-order valence-electron chi connectivity index (χ1n) is 9.80. The molecule has 1 unspecified atom stereocenters. The number of hydrogen-bond acceptors (Lipinski definition) is 4. The lowest BCUT2D eigenvalue weighted by molar-refractivity contribution is -0.722. The van der Waals surface area contributed by atoms with Crippen molar-refractivity contribution in [2.75, 3.05) is 13.6 Å². The zero-order valence-corrected chi connectivity index (χ0v) is 19.4. The Morgan fingerprint density at radius 2 is 1.50 bits per heavy atom. The number of benzene rings is 3. The van der Waals surface area contributed by atoms with Crippen LogP contribution in [0.15, 0.2) is 88.9 Å². The lowest BCUT2D eigenvalue weighted by Gasteiger charge is -2.25. The number of rotatable bonds is 4. The molecular formula is C23H20Cl2N3O3S+. The van der Waals surface area contributed by atoms with Gasteiger partial charge in [0.2, 0.25) is 0 Å². The van der Waals surface area contributed by atoms with E-state index in [9.17, 15) is 13.2 Å². The van der Waals surface area contributed by atoms with Crippen LogP contribution >= 0.6 is 23.2 Å². The number of sulfonamides is 1. The van der Waals surface area contributed by atoms with Crippen molar-refractivity contribution in [2.45, 2.75) is 10.8 Å². The fraction of sp³-hybridized carbons (Fsp3) is 0.130. The number of nitrogens with zero attached hydrogens (tertiary/aromatic N) is 2. The van der Waals surface area contributed by atoms with Gasteiger partial charge in [0.25, 0.3) is 0 Å². The van der Waals surface area contributed by atoms with Gasteiger partial charge < -0.3 is 5.32 Å². The molecule has 32 heavy (non-hydrogen) atoms. The first kappa shape index (κ1) is 22.5. The first-order chi connectivity index (χ1) is 15.3. The summed E-state index contributed by atoms with van der Waals surface area (Å²) in [6, 6.07) is 21.4. The smallest absolute Gasteiger partial charge is 0.305 e. The van der Waals surface area contributed by atoms with Crippen LogP contribution in [-0.2, 0) is 10.0 Å². The third-order valence-corrected chi connectivity index (χ3v) is 7.98. The van der Waals surface area contributed by atoms with Crippen molar-refractivity contribution < 1.29 is 17.2 Å². The highest BCUT2D eigenvalue weighted by Crippen LogP contribution is 2.39. The second kappa shape index (κ2) is 8.67. The molecule has 0 fully saturated rings. The Bertz CT molecular complexity index is 1280. The van der Waals surface area contributed by atoms with Gasteiger partial charge in [-0.15, -0.1) is 0 Å². The van der Waals surface area contributed by atoms with Gasteiger partial charge in [0, 0.05) is 22.7 Å². The molecular weight excluding hydrogens is 469 g/mol. The topological polar surface area (TPSA) is 75.6 Å². The Morgan fingerprint density at radius 3 is 2.06 bits per heavy atom. The average molecular weight is 489 g/mol. The summed E-state index contributed by atoms with van der Waals surface area (Å²) in [4.78, 5) is 13.1. The molecule has 0 saturated heterocycles. The molecule has 0 aromatic heterocycles. The molecule has 6 nitrogen and oxygen atoms in total. The number of nitrogens with one attached hydrogen (secondary N) is 1. The van der Waals surface area contributed by atoms with E-state index in [1.54, 1.807) is 24.3 Å². The van der Waals surface area contributed by atoms with E-state index >= 15 is 0 Å². The quantitative estimate of drug-likeness (QED) is 0.522. The summed E-state index contributed by atoms with van der Waals surface area (Å²) >= 11 is 12.0. The maximum absolute atomic E-state index is 13.8. The molecule has 164 valence electrons. The maximum atomic E-state index is 13.8. The largest absolute Gasteiger partial charge is 0.458 e. The Labute approximate surface area is 196 Å². The van der Waals surface area contributed by atoms with Gasteiger partial charge in [-0.05, 0) is 46.0 Å². The predicted molar refractivity (Wildman–Crippen MR) is 125 cm³/mol. The van der Waals surface area contributed by atoms with E-state index in [2.05, 4.69) is 10.4 Å². The molecule has 1 N–H and O–H groups in total. The highest BCUT2D eigenvalue weighted by molar-refractivity contribution is 7.86. The molecule has 3 aromatic rings. The van der Waals surface area contributed by atoms with Gasteiger partial charge in [-0.2, -0.15) is 8.42 Å². The molecule has 0 radical (unpaired) electrons. The van der Waals surface area contributed by atoms with Crippen LogP contribution in [0.3, 0.4) is 0 Å². The van der Waals surface area contributed by atoms with Gasteiger partial charge in [0.1, 0.15) is 17.2 Å². The summed E-state index contributed by atoms with van der Waals surface area (Å²) in [6.07, 6.45) is 0. The summed E-state index contributed by atoms with van der Waals surface area (Å²) in [5, 5.41) is 8.02. The summed E-state index contributed by atoms with van der Waals surface area (Å²) in [7, 11) is -2.87. The highest BCUT2D eigenvalue weighted by Gasteiger charge is 2.58. The summed E-state index contributed by atoms with van der Waals surface area (Å²) < 4.78 is 26.5. The minimum Gasteiger partial charge on any atom is -0.305 e. The molecule has 0 spiro atoms. The van der Waals surface area contributed by atoms with Crippen LogP contribution in [0.4, 0.5) is 4.79 Å². The number of quaternary nitrogens is 1. The molecule has 1 aliphatic rings. The maximum Gasteiger partial charge on any atom is 0.458 e. The van der Waals surface area contributed by atoms with Gasteiger partial charge in [-0.1, -0.05) is 70.8 Å². The van der Waals surface area contributed by atoms with E-state index in [1.807, 2.05) is 30.3 Å². The third-order valence-electron chi connectivity index (χ3n) is 5.41. The standard InChI is InChI=1S/C23H19Cl2N3O3S/c1-26-23(29)28(32(30,31)20-13-11-19(25)12-14-20)15-21(16-5-3-2-4-6-16)22(27-28)17-7-9-18(24)10-8-17/h2-14,21H,15H2,1H3/p+1/t21-,28?/m1/s1. The zero-order chi connectivity index (χ0) is 22.9. The van der Waals surface area contributed by atoms with Crippen LogP contribution in [-0.4, -0.2) is 37.8 Å². The monoisotopic (exact) mass is 488 g/mol. The van der Waals surface area contributed by atoms with E-state index in [-0.39, 0.29) is 11.4 Å². The van der Waals surface area contributed by atoms with E-state index in [1.165, 1.54) is 31.3 Å². The average Bonchev–Trinajstić information content (AvgIpc) is 3.23. The lowest BCUT2D eigenvalue weighted by atomic mass is 9.91. The number of amides is 2. The second-order valence-electron chi connectivity index (χ2n) is 7.32. The Kier molecular flexibility index (Phi) is 6.09. The van der Waals surface area contributed by atoms with Crippen LogP contribution in [0.1, 0.15) is 17.0 Å². The number of hydrogen-bond donors (Lipinski definition) is 1.